The summed E-state index contributed by atoms with van der Waals surface area (Å²) in [7, 11) is 0. The van der Waals surface area contributed by atoms with Gasteiger partial charge in [-0.2, -0.15) is 10.2 Å². The van der Waals surface area contributed by atoms with Crippen molar-refractivity contribution in [3.05, 3.63) is 0 Å². The molecule has 0 saturated heterocycles. The molecule has 0 saturated carbocycles. The molecule has 6 N–H and O–H groups in total. The fraction of sp³-hybridized carbons (Fsp3) is 0.833. The number of aliphatic hydroxyl groups excluding tert-OH is 6. The standard InChI is InChI=1S/C12H24N2O6/c1-5(9(17)11(19)7(3)15)13-14-6(2)10(18)12(20)8(4)16/h7-12,15-20H,1-4H3/b13-5+,14-6+/t7-,8-,9-,10-,11-,12-/m1/s1. The van der Waals surface area contributed by atoms with Gasteiger partial charge in [0, 0.05) is 0 Å². The summed E-state index contributed by atoms with van der Waals surface area (Å²) in [5.74, 6) is 0. The first-order valence-electron chi connectivity index (χ1n) is 6.26. The molecule has 0 radical (unpaired) electrons. The predicted molar refractivity (Wildman–Crippen MR) is 73.6 cm³/mol. The van der Waals surface area contributed by atoms with Crippen LogP contribution in [0.4, 0.5) is 0 Å². The average Bonchev–Trinajstić information content (AvgIpc) is 2.40. The Balaban J connectivity index is 4.85. The van der Waals surface area contributed by atoms with Crippen LogP contribution in [0.25, 0.3) is 0 Å². The first-order valence-corrected chi connectivity index (χ1v) is 6.26. The highest BCUT2D eigenvalue weighted by Gasteiger charge is 2.25. The molecule has 0 aromatic carbocycles. The molecule has 0 unspecified atom stereocenters. The lowest BCUT2D eigenvalue weighted by Gasteiger charge is -2.20. The van der Waals surface area contributed by atoms with E-state index in [2.05, 4.69) is 10.2 Å². The van der Waals surface area contributed by atoms with Crippen LogP contribution in [0.2, 0.25) is 0 Å². The monoisotopic (exact) mass is 292 g/mol. The van der Waals surface area contributed by atoms with E-state index in [1.807, 2.05) is 0 Å². The van der Waals surface area contributed by atoms with Gasteiger partial charge in [-0.1, -0.05) is 0 Å². The zero-order chi connectivity index (χ0) is 16.0. The summed E-state index contributed by atoms with van der Waals surface area (Å²) in [6.07, 6.45) is -7.87. The molecular formula is C12H24N2O6. The third-order valence-corrected chi connectivity index (χ3v) is 2.86. The van der Waals surface area contributed by atoms with Gasteiger partial charge < -0.3 is 30.6 Å². The van der Waals surface area contributed by atoms with Crippen LogP contribution in [0.15, 0.2) is 10.2 Å². The number of hydrogen-bond donors (Lipinski definition) is 6. The maximum atomic E-state index is 9.64. The van der Waals surface area contributed by atoms with Crippen LogP contribution in [0.1, 0.15) is 27.7 Å². The van der Waals surface area contributed by atoms with Crippen molar-refractivity contribution in [2.45, 2.75) is 64.3 Å². The lowest BCUT2D eigenvalue weighted by Crippen LogP contribution is -2.40. The van der Waals surface area contributed by atoms with Crippen molar-refractivity contribution >= 4 is 11.4 Å². The van der Waals surface area contributed by atoms with Crippen LogP contribution in [-0.2, 0) is 0 Å². The van der Waals surface area contributed by atoms with Gasteiger partial charge >= 0.3 is 0 Å². The summed E-state index contributed by atoms with van der Waals surface area (Å²) in [6.45, 7) is 5.42. The van der Waals surface area contributed by atoms with Crippen molar-refractivity contribution in [1.29, 1.82) is 0 Å². The molecule has 118 valence electrons. The summed E-state index contributed by atoms with van der Waals surface area (Å²) in [6, 6.07) is 0. The molecule has 0 aromatic heterocycles. The predicted octanol–water partition coefficient (Wildman–Crippen LogP) is -1.97. The molecule has 8 heteroatoms. The first-order chi connectivity index (χ1) is 9.09. The normalized spacial score (nSPS) is 22.9. The molecule has 0 spiro atoms. The van der Waals surface area contributed by atoms with Gasteiger partial charge in [-0.3, -0.25) is 0 Å². The Hall–Kier alpha value is -0.900. The number of aliphatic hydroxyl groups is 6. The van der Waals surface area contributed by atoms with Crippen LogP contribution < -0.4 is 0 Å². The molecule has 0 heterocycles. The van der Waals surface area contributed by atoms with Gasteiger partial charge in [-0.25, -0.2) is 0 Å². The Morgan fingerprint density at radius 2 is 0.900 bits per heavy atom. The van der Waals surface area contributed by atoms with E-state index in [4.69, 9.17) is 10.2 Å². The fourth-order valence-electron chi connectivity index (χ4n) is 1.30. The second-order valence-electron chi connectivity index (χ2n) is 4.83. The molecule has 0 bridgehead atoms. The molecule has 0 aliphatic carbocycles. The van der Waals surface area contributed by atoms with E-state index in [1.54, 1.807) is 0 Å². The molecule has 0 amide bonds. The highest BCUT2D eigenvalue weighted by atomic mass is 16.4. The molecule has 0 rings (SSSR count). The van der Waals surface area contributed by atoms with E-state index in [0.717, 1.165) is 0 Å². The van der Waals surface area contributed by atoms with E-state index in [1.165, 1.54) is 27.7 Å². The van der Waals surface area contributed by atoms with Gasteiger partial charge in [0.1, 0.15) is 24.4 Å². The molecule has 0 aliphatic rings. The van der Waals surface area contributed by atoms with E-state index in [9.17, 15) is 20.4 Å². The Morgan fingerprint density at radius 3 is 1.10 bits per heavy atom. The fourth-order valence-corrected chi connectivity index (χ4v) is 1.30. The number of nitrogens with zero attached hydrogens (tertiary/aromatic N) is 2. The van der Waals surface area contributed by atoms with Gasteiger partial charge in [0.25, 0.3) is 0 Å². The molecule has 20 heavy (non-hydrogen) atoms. The minimum absolute atomic E-state index is 0.0384. The number of hydrogen-bond acceptors (Lipinski definition) is 8. The van der Waals surface area contributed by atoms with Gasteiger partial charge in [0.15, 0.2) is 0 Å². The van der Waals surface area contributed by atoms with Gasteiger partial charge in [0.05, 0.1) is 23.6 Å². The van der Waals surface area contributed by atoms with Crippen molar-refractivity contribution in [2.24, 2.45) is 10.2 Å². The Bertz CT molecular complexity index is 322. The Kier molecular flexibility index (Phi) is 8.02. The Labute approximate surface area is 117 Å². The summed E-state index contributed by atoms with van der Waals surface area (Å²) in [5, 5.41) is 63.7. The highest BCUT2D eigenvalue weighted by molar-refractivity contribution is 5.90. The maximum Gasteiger partial charge on any atom is 0.122 e. The highest BCUT2D eigenvalue weighted by Crippen LogP contribution is 2.05. The van der Waals surface area contributed by atoms with Gasteiger partial charge in [0.2, 0.25) is 0 Å². The van der Waals surface area contributed by atoms with Crippen molar-refractivity contribution in [3.8, 4) is 0 Å². The minimum Gasteiger partial charge on any atom is -0.391 e. The lowest BCUT2D eigenvalue weighted by atomic mass is 10.1. The van der Waals surface area contributed by atoms with Crippen molar-refractivity contribution in [1.82, 2.24) is 0 Å². The topological polar surface area (TPSA) is 146 Å². The molecule has 6 atom stereocenters. The third-order valence-electron chi connectivity index (χ3n) is 2.86. The SMILES string of the molecule is C/C(=N\N=C(/C)[C@@H](O)[C@H](O)[C@@H](C)O)[C@@H](O)[C@H](O)[C@@H](C)O. The van der Waals surface area contributed by atoms with Crippen LogP contribution in [-0.4, -0.2) is 78.7 Å². The quantitative estimate of drug-likeness (QED) is 0.237. The molecule has 8 nitrogen and oxygen atoms in total. The Morgan fingerprint density at radius 1 is 0.650 bits per heavy atom. The average molecular weight is 292 g/mol. The van der Waals surface area contributed by atoms with Crippen molar-refractivity contribution in [3.63, 3.8) is 0 Å². The van der Waals surface area contributed by atoms with Crippen LogP contribution >= 0.6 is 0 Å². The van der Waals surface area contributed by atoms with E-state index in [-0.39, 0.29) is 11.4 Å². The molecule has 0 fully saturated rings. The second-order valence-corrected chi connectivity index (χ2v) is 4.83. The smallest absolute Gasteiger partial charge is 0.122 e. The third kappa shape index (κ3) is 5.61. The van der Waals surface area contributed by atoms with Crippen molar-refractivity contribution in [2.75, 3.05) is 0 Å². The zero-order valence-electron chi connectivity index (χ0n) is 12.0. The van der Waals surface area contributed by atoms with Crippen LogP contribution in [0, 0.1) is 0 Å². The van der Waals surface area contributed by atoms with Crippen molar-refractivity contribution < 1.29 is 30.6 Å². The van der Waals surface area contributed by atoms with E-state index < -0.39 is 36.6 Å². The summed E-state index contributed by atoms with van der Waals surface area (Å²) in [5.41, 5.74) is 0.0768. The first kappa shape index (κ1) is 19.1. The summed E-state index contributed by atoms with van der Waals surface area (Å²) in [4.78, 5) is 0. The summed E-state index contributed by atoms with van der Waals surface area (Å²) < 4.78 is 0. The number of rotatable bonds is 7. The van der Waals surface area contributed by atoms with E-state index in [0.29, 0.717) is 0 Å². The van der Waals surface area contributed by atoms with Gasteiger partial charge in [-0.15, -0.1) is 0 Å². The van der Waals surface area contributed by atoms with Crippen LogP contribution in [0.3, 0.4) is 0 Å². The van der Waals surface area contributed by atoms with Crippen LogP contribution in [0.5, 0.6) is 0 Å². The maximum absolute atomic E-state index is 9.64. The lowest BCUT2D eigenvalue weighted by molar-refractivity contribution is -0.0264. The van der Waals surface area contributed by atoms with Gasteiger partial charge in [-0.05, 0) is 27.7 Å². The zero-order valence-corrected chi connectivity index (χ0v) is 12.0. The molecular weight excluding hydrogens is 268 g/mol. The molecule has 0 aliphatic heterocycles. The minimum atomic E-state index is -1.40. The largest absolute Gasteiger partial charge is 0.391 e. The molecule has 0 aromatic rings. The second kappa shape index (κ2) is 8.40. The van der Waals surface area contributed by atoms with E-state index >= 15 is 0 Å². The summed E-state index contributed by atoms with van der Waals surface area (Å²) >= 11 is 0.